The van der Waals surface area contributed by atoms with Crippen LogP contribution in [0.5, 0.6) is 0 Å². The van der Waals surface area contributed by atoms with E-state index in [4.69, 9.17) is 0 Å². The first-order valence-electron chi connectivity index (χ1n) is 6.11. The Kier molecular flexibility index (Phi) is 2.52. The van der Waals surface area contributed by atoms with Crippen molar-refractivity contribution in [2.75, 3.05) is 0 Å². The van der Waals surface area contributed by atoms with Crippen molar-refractivity contribution < 1.29 is 0 Å². The van der Waals surface area contributed by atoms with Crippen LogP contribution in [-0.2, 0) is 6.42 Å². The van der Waals surface area contributed by atoms with Crippen LogP contribution >= 0.6 is 0 Å². The largest absolute Gasteiger partial charge is 0.342 e. The number of aryl methyl sites for hydroxylation is 1. The first-order valence-corrected chi connectivity index (χ1v) is 6.11. The van der Waals surface area contributed by atoms with Gasteiger partial charge in [0.15, 0.2) is 5.65 Å². The van der Waals surface area contributed by atoms with Crippen molar-refractivity contribution in [3.8, 4) is 0 Å². The molecular formula is C14H15N3. The molecule has 0 aliphatic carbocycles. The van der Waals surface area contributed by atoms with Crippen LogP contribution in [0.25, 0.3) is 22.2 Å². The van der Waals surface area contributed by atoms with E-state index in [9.17, 15) is 0 Å². The molecule has 0 aliphatic rings. The molecule has 86 valence electrons. The molecule has 0 fully saturated rings. The molecule has 0 atom stereocenters. The molecule has 3 heteroatoms. The Morgan fingerprint density at radius 3 is 2.59 bits per heavy atom. The highest BCUT2D eigenvalue weighted by Gasteiger charge is 2.04. The molecule has 3 rings (SSSR count). The average molecular weight is 225 g/mol. The Hall–Kier alpha value is -1.90. The maximum absolute atomic E-state index is 4.61. The minimum atomic E-state index is 0.898. The van der Waals surface area contributed by atoms with Gasteiger partial charge >= 0.3 is 0 Å². The third-order valence-electron chi connectivity index (χ3n) is 2.99. The monoisotopic (exact) mass is 225 g/mol. The molecule has 0 bridgehead atoms. The second-order valence-corrected chi connectivity index (χ2v) is 4.34. The standard InChI is InChI=1S/C14H15N3/c1-2-3-6-10-9-13-14(15-10)17-12-8-5-4-7-11(12)16-13/h4-5,7-9H,2-3,6H2,1H3,(H,15,17). The number of rotatable bonds is 3. The Morgan fingerprint density at radius 1 is 1.06 bits per heavy atom. The van der Waals surface area contributed by atoms with Crippen molar-refractivity contribution in [2.45, 2.75) is 26.2 Å². The molecule has 1 aromatic carbocycles. The van der Waals surface area contributed by atoms with Gasteiger partial charge in [-0.1, -0.05) is 25.5 Å². The smallest absolute Gasteiger partial charge is 0.156 e. The zero-order chi connectivity index (χ0) is 11.7. The first kappa shape index (κ1) is 10.3. The number of nitrogens with zero attached hydrogens (tertiary/aromatic N) is 2. The van der Waals surface area contributed by atoms with Crippen LogP contribution in [-0.4, -0.2) is 15.0 Å². The maximum Gasteiger partial charge on any atom is 0.156 e. The fourth-order valence-corrected chi connectivity index (χ4v) is 2.06. The lowest BCUT2D eigenvalue weighted by Crippen LogP contribution is -1.85. The van der Waals surface area contributed by atoms with Gasteiger partial charge in [0.25, 0.3) is 0 Å². The fourth-order valence-electron chi connectivity index (χ4n) is 2.06. The third kappa shape index (κ3) is 1.88. The van der Waals surface area contributed by atoms with Crippen LogP contribution < -0.4 is 0 Å². The summed E-state index contributed by atoms with van der Waals surface area (Å²) in [7, 11) is 0. The second kappa shape index (κ2) is 4.17. The van der Waals surface area contributed by atoms with Crippen molar-refractivity contribution in [2.24, 2.45) is 0 Å². The van der Waals surface area contributed by atoms with Gasteiger partial charge in [0.05, 0.1) is 11.0 Å². The molecule has 3 nitrogen and oxygen atoms in total. The topological polar surface area (TPSA) is 41.6 Å². The van der Waals surface area contributed by atoms with Gasteiger partial charge in [-0.25, -0.2) is 9.97 Å². The summed E-state index contributed by atoms with van der Waals surface area (Å²) in [5, 5.41) is 0. The molecule has 0 unspecified atom stereocenters. The van der Waals surface area contributed by atoms with Crippen molar-refractivity contribution in [3.63, 3.8) is 0 Å². The molecule has 3 aromatic rings. The summed E-state index contributed by atoms with van der Waals surface area (Å²) in [4.78, 5) is 12.5. The van der Waals surface area contributed by atoms with Gasteiger partial charge in [0.1, 0.15) is 5.52 Å². The number of aromatic nitrogens is 3. The molecule has 0 amide bonds. The molecule has 0 aliphatic heterocycles. The summed E-state index contributed by atoms with van der Waals surface area (Å²) in [5.74, 6) is 0. The van der Waals surface area contributed by atoms with Crippen LogP contribution in [0, 0.1) is 0 Å². The second-order valence-electron chi connectivity index (χ2n) is 4.34. The highest BCUT2D eigenvalue weighted by molar-refractivity contribution is 5.84. The Bertz CT molecular complexity index is 602. The van der Waals surface area contributed by atoms with E-state index >= 15 is 0 Å². The predicted octanol–water partition coefficient (Wildman–Crippen LogP) is 3.45. The number of fused-ring (bicyclic) bond motifs is 2. The van der Waals surface area contributed by atoms with E-state index in [1.807, 2.05) is 24.3 Å². The molecule has 0 radical (unpaired) electrons. The molecule has 17 heavy (non-hydrogen) atoms. The number of aromatic amines is 1. The van der Waals surface area contributed by atoms with Crippen molar-refractivity contribution >= 4 is 22.2 Å². The van der Waals surface area contributed by atoms with E-state index < -0.39 is 0 Å². The zero-order valence-corrected chi connectivity index (χ0v) is 9.90. The van der Waals surface area contributed by atoms with Gasteiger partial charge in [0, 0.05) is 5.69 Å². The van der Waals surface area contributed by atoms with Crippen molar-refractivity contribution in [3.05, 3.63) is 36.0 Å². The minimum Gasteiger partial charge on any atom is -0.342 e. The average Bonchev–Trinajstić information content (AvgIpc) is 2.75. The van der Waals surface area contributed by atoms with Gasteiger partial charge in [-0.05, 0) is 31.0 Å². The minimum absolute atomic E-state index is 0.898. The molecular weight excluding hydrogens is 210 g/mol. The van der Waals surface area contributed by atoms with Crippen molar-refractivity contribution in [1.29, 1.82) is 0 Å². The highest BCUT2D eigenvalue weighted by atomic mass is 14.9. The summed E-state index contributed by atoms with van der Waals surface area (Å²) in [6.45, 7) is 2.20. The molecule has 1 N–H and O–H groups in total. The van der Waals surface area contributed by atoms with Gasteiger partial charge in [0.2, 0.25) is 0 Å². The number of benzene rings is 1. The lowest BCUT2D eigenvalue weighted by atomic mass is 10.2. The van der Waals surface area contributed by atoms with Crippen LogP contribution in [0.4, 0.5) is 0 Å². The Morgan fingerprint density at radius 2 is 1.82 bits per heavy atom. The van der Waals surface area contributed by atoms with E-state index in [1.165, 1.54) is 18.5 Å². The van der Waals surface area contributed by atoms with Crippen LogP contribution in [0.2, 0.25) is 0 Å². The molecule has 2 heterocycles. The van der Waals surface area contributed by atoms with E-state index in [2.05, 4.69) is 27.9 Å². The SMILES string of the molecule is CCCCc1cc2nc3ccccc3nc2[nH]1. The lowest BCUT2D eigenvalue weighted by molar-refractivity contribution is 0.782. The number of nitrogens with one attached hydrogen (secondary N) is 1. The molecule has 0 spiro atoms. The van der Waals surface area contributed by atoms with Crippen LogP contribution in [0.3, 0.4) is 0 Å². The van der Waals surface area contributed by atoms with Gasteiger partial charge in [-0.3, -0.25) is 0 Å². The quantitative estimate of drug-likeness (QED) is 0.741. The summed E-state index contributed by atoms with van der Waals surface area (Å²) in [6, 6.07) is 10.1. The first-order chi connectivity index (χ1) is 8.36. The fraction of sp³-hybridized carbons (Fsp3) is 0.286. The normalized spacial score (nSPS) is 11.4. The number of para-hydroxylation sites is 2. The number of H-pyrrole nitrogens is 1. The van der Waals surface area contributed by atoms with E-state index in [0.717, 1.165) is 28.6 Å². The summed E-state index contributed by atoms with van der Waals surface area (Å²) < 4.78 is 0. The number of hydrogen-bond donors (Lipinski definition) is 1. The number of hydrogen-bond acceptors (Lipinski definition) is 2. The highest BCUT2D eigenvalue weighted by Crippen LogP contribution is 2.17. The molecule has 0 saturated carbocycles. The summed E-state index contributed by atoms with van der Waals surface area (Å²) in [6.07, 6.45) is 3.48. The maximum atomic E-state index is 4.61. The zero-order valence-electron chi connectivity index (χ0n) is 9.90. The molecule has 0 saturated heterocycles. The van der Waals surface area contributed by atoms with Gasteiger partial charge in [-0.15, -0.1) is 0 Å². The van der Waals surface area contributed by atoms with E-state index in [-0.39, 0.29) is 0 Å². The van der Waals surface area contributed by atoms with Gasteiger partial charge in [-0.2, -0.15) is 0 Å². The van der Waals surface area contributed by atoms with E-state index in [1.54, 1.807) is 0 Å². The Balaban J connectivity index is 2.11. The van der Waals surface area contributed by atoms with Crippen LogP contribution in [0.15, 0.2) is 30.3 Å². The van der Waals surface area contributed by atoms with E-state index in [0.29, 0.717) is 0 Å². The Labute approximate surface area is 99.9 Å². The lowest BCUT2D eigenvalue weighted by Gasteiger charge is -1.95. The predicted molar refractivity (Wildman–Crippen MR) is 70.0 cm³/mol. The third-order valence-corrected chi connectivity index (χ3v) is 2.99. The van der Waals surface area contributed by atoms with Crippen molar-refractivity contribution in [1.82, 2.24) is 15.0 Å². The number of unbranched alkanes of at least 4 members (excludes halogenated alkanes) is 1. The van der Waals surface area contributed by atoms with Crippen LogP contribution in [0.1, 0.15) is 25.5 Å². The van der Waals surface area contributed by atoms with Gasteiger partial charge < -0.3 is 4.98 Å². The summed E-state index contributed by atoms with van der Waals surface area (Å²) >= 11 is 0. The summed E-state index contributed by atoms with van der Waals surface area (Å²) in [5.41, 5.74) is 5.01. The molecule has 2 aromatic heterocycles.